The molecule has 0 bridgehead atoms. The largest absolute Gasteiger partial charge is 0.416 e. The van der Waals surface area contributed by atoms with Gasteiger partial charge in [-0.15, -0.1) is 5.10 Å². The van der Waals surface area contributed by atoms with Crippen LogP contribution < -0.4 is 4.74 Å². The third kappa shape index (κ3) is 2.33. The lowest BCUT2D eigenvalue weighted by molar-refractivity contribution is 0.408. The Morgan fingerprint density at radius 3 is 2.87 bits per heavy atom. The highest BCUT2D eigenvalue weighted by Gasteiger charge is 2.08. The first-order valence-corrected chi connectivity index (χ1v) is 4.95. The predicted molar refractivity (Wildman–Crippen MR) is 55.3 cm³/mol. The van der Waals surface area contributed by atoms with Crippen molar-refractivity contribution in [3.8, 4) is 11.8 Å². The summed E-state index contributed by atoms with van der Waals surface area (Å²) in [6, 6.07) is 2.94. The fraction of sp³-hybridized carbons (Fsp3) is 0.111. The van der Waals surface area contributed by atoms with Crippen LogP contribution in [0.3, 0.4) is 0 Å². The average molecular weight is 272 g/mol. The quantitative estimate of drug-likeness (QED) is 0.914. The van der Waals surface area contributed by atoms with E-state index in [1.54, 1.807) is 6.07 Å². The number of aromatic nitrogens is 3. The van der Waals surface area contributed by atoms with E-state index in [-0.39, 0.29) is 5.88 Å². The van der Waals surface area contributed by atoms with Gasteiger partial charge in [-0.05, 0) is 28.9 Å². The molecule has 78 valence electrons. The normalized spacial score (nSPS) is 10.3. The number of rotatable bonds is 2. The number of pyridine rings is 1. The Balaban J connectivity index is 2.24. The first kappa shape index (κ1) is 10.1. The number of hydrogen-bond acceptors (Lipinski definition) is 3. The summed E-state index contributed by atoms with van der Waals surface area (Å²) in [5, 5.41) is 6.49. The van der Waals surface area contributed by atoms with E-state index in [0.717, 1.165) is 5.69 Å². The summed E-state index contributed by atoms with van der Waals surface area (Å²) in [6.07, 6.45) is 1.46. The fourth-order valence-corrected chi connectivity index (χ4v) is 1.32. The zero-order chi connectivity index (χ0) is 10.8. The summed E-state index contributed by atoms with van der Waals surface area (Å²) >= 11 is 3.11. The SMILES string of the molecule is Cc1cc(Oc2ncc(Br)cc2F)n[nH]1. The molecule has 0 aliphatic heterocycles. The number of nitrogens with one attached hydrogen (secondary N) is 1. The molecule has 4 nitrogen and oxygen atoms in total. The maximum absolute atomic E-state index is 13.3. The minimum Gasteiger partial charge on any atom is -0.416 e. The van der Waals surface area contributed by atoms with Crippen molar-refractivity contribution in [1.82, 2.24) is 15.2 Å². The Labute approximate surface area is 93.6 Å². The number of aryl methyl sites for hydroxylation is 1. The van der Waals surface area contributed by atoms with Crippen LogP contribution in [0, 0.1) is 12.7 Å². The van der Waals surface area contributed by atoms with Crippen LogP contribution in [0.4, 0.5) is 4.39 Å². The van der Waals surface area contributed by atoms with Gasteiger partial charge in [-0.3, -0.25) is 5.10 Å². The number of nitrogens with zero attached hydrogens (tertiary/aromatic N) is 2. The zero-order valence-electron chi connectivity index (χ0n) is 7.79. The molecule has 2 rings (SSSR count). The van der Waals surface area contributed by atoms with Crippen LogP contribution in [0.25, 0.3) is 0 Å². The van der Waals surface area contributed by atoms with Gasteiger partial charge in [-0.2, -0.15) is 0 Å². The van der Waals surface area contributed by atoms with E-state index in [1.807, 2.05) is 6.92 Å². The Hall–Kier alpha value is -1.43. The van der Waals surface area contributed by atoms with Crippen LogP contribution in [0.1, 0.15) is 5.69 Å². The lowest BCUT2D eigenvalue weighted by Gasteiger charge is -2.01. The van der Waals surface area contributed by atoms with Crippen LogP contribution in [0.5, 0.6) is 11.8 Å². The smallest absolute Gasteiger partial charge is 0.257 e. The van der Waals surface area contributed by atoms with E-state index < -0.39 is 5.82 Å². The zero-order valence-corrected chi connectivity index (χ0v) is 9.38. The first-order valence-electron chi connectivity index (χ1n) is 4.16. The molecule has 0 aromatic carbocycles. The van der Waals surface area contributed by atoms with Gasteiger partial charge in [0.25, 0.3) is 5.88 Å². The van der Waals surface area contributed by atoms with Gasteiger partial charge >= 0.3 is 0 Å². The molecular formula is C9H7BrFN3O. The maximum Gasteiger partial charge on any atom is 0.257 e. The molecule has 2 aromatic rings. The molecule has 0 unspecified atom stereocenters. The molecule has 2 heterocycles. The van der Waals surface area contributed by atoms with E-state index in [9.17, 15) is 4.39 Å². The topological polar surface area (TPSA) is 50.8 Å². The van der Waals surface area contributed by atoms with Crippen molar-refractivity contribution >= 4 is 15.9 Å². The lowest BCUT2D eigenvalue weighted by atomic mass is 10.4. The minimum atomic E-state index is -0.537. The van der Waals surface area contributed by atoms with Crippen LogP contribution in [0.15, 0.2) is 22.8 Å². The maximum atomic E-state index is 13.3. The highest BCUT2D eigenvalue weighted by atomic mass is 79.9. The second-order valence-electron chi connectivity index (χ2n) is 2.93. The highest BCUT2D eigenvalue weighted by molar-refractivity contribution is 9.10. The third-order valence-corrected chi connectivity index (χ3v) is 2.09. The van der Waals surface area contributed by atoms with Crippen molar-refractivity contribution in [1.29, 1.82) is 0 Å². The van der Waals surface area contributed by atoms with Gasteiger partial charge in [-0.1, -0.05) is 0 Å². The summed E-state index contributed by atoms with van der Waals surface area (Å²) in [4.78, 5) is 3.78. The van der Waals surface area contributed by atoms with Crippen LogP contribution in [-0.4, -0.2) is 15.2 Å². The Kier molecular flexibility index (Phi) is 2.68. The highest BCUT2D eigenvalue weighted by Crippen LogP contribution is 2.22. The predicted octanol–water partition coefficient (Wildman–Crippen LogP) is 2.81. The minimum absolute atomic E-state index is 0.0929. The Morgan fingerprint density at radius 1 is 1.47 bits per heavy atom. The molecule has 0 aliphatic rings. The molecule has 15 heavy (non-hydrogen) atoms. The fourth-order valence-electron chi connectivity index (χ4n) is 1.02. The molecule has 0 saturated carbocycles. The lowest BCUT2D eigenvalue weighted by Crippen LogP contribution is -1.91. The average Bonchev–Trinajstić information content (AvgIpc) is 2.56. The van der Waals surface area contributed by atoms with E-state index in [2.05, 4.69) is 31.1 Å². The van der Waals surface area contributed by atoms with Crippen molar-refractivity contribution in [3.63, 3.8) is 0 Å². The third-order valence-electron chi connectivity index (χ3n) is 1.66. The number of halogens is 2. The van der Waals surface area contributed by atoms with Crippen molar-refractivity contribution in [3.05, 3.63) is 34.3 Å². The molecule has 2 aromatic heterocycles. The molecule has 0 amide bonds. The summed E-state index contributed by atoms with van der Waals surface area (Å²) in [5.41, 5.74) is 0.836. The molecule has 1 N–H and O–H groups in total. The molecule has 0 saturated heterocycles. The monoisotopic (exact) mass is 271 g/mol. The first-order chi connectivity index (χ1) is 7.15. The molecular weight excluding hydrogens is 265 g/mol. The molecule has 0 spiro atoms. The molecule has 0 atom stereocenters. The van der Waals surface area contributed by atoms with Gasteiger partial charge in [0.2, 0.25) is 5.88 Å². The van der Waals surface area contributed by atoms with Gasteiger partial charge in [0.05, 0.1) is 0 Å². The summed E-state index contributed by atoms with van der Waals surface area (Å²) in [6.45, 7) is 1.82. The Morgan fingerprint density at radius 2 is 2.27 bits per heavy atom. The summed E-state index contributed by atoms with van der Waals surface area (Å²) in [7, 11) is 0. The number of aromatic amines is 1. The standard InChI is InChI=1S/C9H7BrFN3O/c1-5-2-8(14-13-5)15-9-7(11)3-6(10)4-12-9/h2-4H,1H3,(H,13,14). The number of ether oxygens (including phenoxy) is 1. The second-order valence-corrected chi connectivity index (χ2v) is 3.85. The summed E-state index contributed by atoms with van der Waals surface area (Å²) in [5.74, 6) is -0.337. The van der Waals surface area contributed by atoms with Crippen molar-refractivity contribution in [2.75, 3.05) is 0 Å². The van der Waals surface area contributed by atoms with Crippen LogP contribution in [-0.2, 0) is 0 Å². The van der Waals surface area contributed by atoms with Gasteiger partial charge in [0.15, 0.2) is 5.82 Å². The van der Waals surface area contributed by atoms with Crippen LogP contribution >= 0.6 is 15.9 Å². The van der Waals surface area contributed by atoms with Gasteiger partial charge < -0.3 is 4.74 Å². The van der Waals surface area contributed by atoms with E-state index in [4.69, 9.17) is 4.74 Å². The number of H-pyrrole nitrogens is 1. The van der Waals surface area contributed by atoms with Crippen molar-refractivity contribution in [2.24, 2.45) is 0 Å². The molecule has 6 heteroatoms. The van der Waals surface area contributed by atoms with E-state index in [1.165, 1.54) is 12.3 Å². The van der Waals surface area contributed by atoms with Crippen molar-refractivity contribution in [2.45, 2.75) is 6.92 Å². The van der Waals surface area contributed by atoms with Gasteiger partial charge in [0.1, 0.15) is 0 Å². The van der Waals surface area contributed by atoms with E-state index in [0.29, 0.717) is 10.4 Å². The second kappa shape index (κ2) is 3.98. The van der Waals surface area contributed by atoms with Crippen LogP contribution in [0.2, 0.25) is 0 Å². The summed E-state index contributed by atoms with van der Waals surface area (Å²) < 4.78 is 19.0. The van der Waals surface area contributed by atoms with Gasteiger partial charge in [0, 0.05) is 22.4 Å². The van der Waals surface area contributed by atoms with Crippen molar-refractivity contribution < 1.29 is 9.13 Å². The molecule has 0 aliphatic carbocycles. The molecule has 0 fully saturated rings. The Bertz CT molecular complexity index is 486. The number of hydrogen-bond donors (Lipinski definition) is 1. The molecule has 0 radical (unpaired) electrons. The van der Waals surface area contributed by atoms with E-state index >= 15 is 0 Å². The van der Waals surface area contributed by atoms with Gasteiger partial charge in [-0.25, -0.2) is 9.37 Å².